The molecule has 0 atom stereocenters. The molecule has 0 saturated carbocycles. The molecule has 0 saturated heterocycles. The molecular formula is C21H18F4N2O2. The van der Waals surface area contributed by atoms with Gasteiger partial charge in [0.15, 0.2) is 0 Å². The Kier molecular flexibility index (Phi) is 5.46. The maximum atomic E-state index is 13.4. The zero-order chi connectivity index (χ0) is 21.3. The molecule has 0 spiro atoms. The number of halogens is 4. The molecule has 4 nitrogen and oxygen atoms in total. The molecule has 152 valence electrons. The highest BCUT2D eigenvalue weighted by Crippen LogP contribution is 2.34. The lowest BCUT2D eigenvalue weighted by atomic mass is 10.0. The van der Waals surface area contributed by atoms with E-state index in [-0.39, 0.29) is 29.3 Å². The lowest BCUT2D eigenvalue weighted by Crippen LogP contribution is -2.25. The van der Waals surface area contributed by atoms with E-state index in [4.69, 9.17) is 4.74 Å². The van der Waals surface area contributed by atoms with Crippen LogP contribution >= 0.6 is 0 Å². The Hall–Kier alpha value is -3.16. The van der Waals surface area contributed by atoms with E-state index < -0.39 is 17.6 Å². The van der Waals surface area contributed by atoms with E-state index in [1.807, 2.05) is 0 Å². The number of methoxy groups -OCH3 is 1. The molecule has 0 aliphatic heterocycles. The number of nitrogens with zero attached hydrogens (tertiary/aromatic N) is 1. The highest BCUT2D eigenvalue weighted by molar-refractivity contribution is 6.02. The molecule has 1 heterocycles. The summed E-state index contributed by atoms with van der Waals surface area (Å²) in [6.45, 7) is 3.39. The summed E-state index contributed by atoms with van der Waals surface area (Å²) < 4.78 is 57.5. The Morgan fingerprint density at radius 1 is 1.14 bits per heavy atom. The third kappa shape index (κ3) is 4.16. The number of ether oxygens (including phenoxy) is 1. The first-order chi connectivity index (χ1) is 13.6. The minimum atomic E-state index is -4.50. The summed E-state index contributed by atoms with van der Waals surface area (Å²) in [7, 11) is 1.29. The predicted molar refractivity (Wildman–Crippen MR) is 100 cm³/mol. The number of nitrogens with one attached hydrogen (secondary N) is 1. The summed E-state index contributed by atoms with van der Waals surface area (Å²) >= 11 is 0. The van der Waals surface area contributed by atoms with E-state index in [1.165, 1.54) is 19.2 Å². The van der Waals surface area contributed by atoms with Crippen molar-refractivity contribution >= 4 is 16.8 Å². The van der Waals surface area contributed by atoms with E-state index in [2.05, 4.69) is 10.3 Å². The van der Waals surface area contributed by atoms with Gasteiger partial charge in [0.05, 0.1) is 18.2 Å². The molecule has 0 aliphatic rings. The smallest absolute Gasteiger partial charge is 0.416 e. The van der Waals surface area contributed by atoms with Crippen molar-refractivity contribution in [2.24, 2.45) is 0 Å². The number of aryl methyl sites for hydroxylation is 2. The fraction of sp³-hybridized carbons (Fsp3) is 0.238. The molecule has 0 bridgehead atoms. The van der Waals surface area contributed by atoms with Crippen molar-refractivity contribution < 1.29 is 27.1 Å². The molecule has 29 heavy (non-hydrogen) atoms. The summed E-state index contributed by atoms with van der Waals surface area (Å²) in [5.41, 5.74) is 1.01. The molecule has 1 N–H and O–H groups in total. The summed E-state index contributed by atoms with van der Waals surface area (Å²) in [6, 6.07) is 7.67. The van der Waals surface area contributed by atoms with Crippen LogP contribution in [-0.4, -0.2) is 18.0 Å². The van der Waals surface area contributed by atoms with Crippen LogP contribution in [0.25, 0.3) is 10.9 Å². The SMILES string of the molecule is COc1nc2cc(C(F)(F)F)ccc2c(C)c1C(=O)NCc1ccc(F)c(C)c1. The number of amides is 1. The first-order valence-corrected chi connectivity index (χ1v) is 8.70. The van der Waals surface area contributed by atoms with Crippen molar-refractivity contribution in [1.29, 1.82) is 0 Å². The van der Waals surface area contributed by atoms with Crippen LogP contribution in [0.15, 0.2) is 36.4 Å². The Bertz CT molecular complexity index is 1090. The van der Waals surface area contributed by atoms with E-state index in [1.54, 1.807) is 26.0 Å². The fourth-order valence-corrected chi connectivity index (χ4v) is 3.08. The molecular weight excluding hydrogens is 388 g/mol. The number of fused-ring (bicyclic) bond motifs is 1. The highest BCUT2D eigenvalue weighted by Gasteiger charge is 2.31. The zero-order valence-electron chi connectivity index (χ0n) is 15.9. The second kappa shape index (κ2) is 7.69. The summed E-state index contributed by atoms with van der Waals surface area (Å²) in [4.78, 5) is 16.9. The predicted octanol–water partition coefficient (Wildman–Crippen LogP) is 4.95. The lowest BCUT2D eigenvalue weighted by molar-refractivity contribution is -0.137. The number of carbonyl (C=O) groups excluding carboxylic acids is 1. The Morgan fingerprint density at radius 3 is 2.48 bits per heavy atom. The summed E-state index contributed by atoms with van der Waals surface area (Å²) in [5, 5.41) is 3.13. The van der Waals surface area contributed by atoms with Gasteiger partial charge in [0, 0.05) is 11.9 Å². The molecule has 1 aromatic heterocycles. The molecule has 0 fully saturated rings. The molecule has 1 amide bonds. The number of rotatable bonds is 4. The van der Waals surface area contributed by atoms with Gasteiger partial charge in [-0.15, -0.1) is 0 Å². The Balaban J connectivity index is 1.95. The molecule has 3 aromatic rings. The number of hydrogen-bond donors (Lipinski definition) is 1. The van der Waals surface area contributed by atoms with Gasteiger partial charge in [-0.3, -0.25) is 4.79 Å². The number of hydrogen-bond acceptors (Lipinski definition) is 3. The van der Waals surface area contributed by atoms with Crippen LogP contribution in [-0.2, 0) is 12.7 Å². The highest BCUT2D eigenvalue weighted by atomic mass is 19.4. The van der Waals surface area contributed by atoms with E-state index in [0.29, 0.717) is 22.1 Å². The number of pyridine rings is 1. The van der Waals surface area contributed by atoms with Gasteiger partial charge < -0.3 is 10.1 Å². The third-order valence-corrected chi connectivity index (χ3v) is 4.64. The lowest BCUT2D eigenvalue weighted by Gasteiger charge is -2.15. The summed E-state index contributed by atoms with van der Waals surface area (Å²) in [5.74, 6) is -0.896. The molecule has 0 aliphatic carbocycles. The van der Waals surface area contributed by atoms with Gasteiger partial charge in [-0.1, -0.05) is 18.2 Å². The van der Waals surface area contributed by atoms with Crippen molar-refractivity contribution in [2.45, 2.75) is 26.6 Å². The maximum absolute atomic E-state index is 13.4. The van der Waals surface area contributed by atoms with Crippen LogP contribution in [0.2, 0.25) is 0 Å². The minimum absolute atomic E-state index is 0.0675. The van der Waals surface area contributed by atoms with Gasteiger partial charge in [0.25, 0.3) is 5.91 Å². The molecule has 2 aromatic carbocycles. The van der Waals surface area contributed by atoms with Crippen LogP contribution in [0.1, 0.15) is 32.6 Å². The summed E-state index contributed by atoms with van der Waals surface area (Å²) in [6.07, 6.45) is -4.50. The molecule has 0 radical (unpaired) electrons. The second-order valence-electron chi connectivity index (χ2n) is 6.62. The van der Waals surface area contributed by atoms with Crippen LogP contribution < -0.4 is 10.1 Å². The Morgan fingerprint density at radius 2 is 1.86 bits per heavy atom. The van der Waals surface area contributed by atoms with E-state index in [9.17, 15) is 22.4 Å². The molecule has 0 unspecified atom stereocenters. The number of aromatic nitrogens is 1. The first kappa shape index (κ1) is 20.6. The normalized spacial score (nSPS) is 11.6. The number of alkyl halides is 3. The van der Waals surface area contributed by atoms with Gasteiger partial charge in [-0.2, -0.15) is 13.2 Å². The minimum Gasteiger partial charge on any atom is -0.480 e. The van der Waals surface area contributed by atoms with Crippen molar-refractivity contribution in [3.8, 4) is 5.88 Å². The first-order valence-electron chi connectivity index (χ1n) is 8.70. The van der Waals surface area contributed by atoms with Gasteiger partial charge in [-0.25, -0.2) is 9.37 Å². The average Bonchev–Trinajstić information content (AvgIpc) is 2.67. The molecule has 3 rings (SSSR count). The van der Waals surface area contributed by atoms with Gasteiger partial charge >= 0.3 is 6.18 Å². The second-order valence-corrected chi connectivity index (χ2v) is 6.62. The van der Waals surface area contributed by atoms with Crippen molar-refractivity contribution in [3.05, 3.63) is 70.0 Å². The number of benzene rings is 2. The molecule has 8 heteroatoms. The van der Waals surface area contributed by atoms with E-state index in [0.717, 1.165) is 12.1 Å². The van der Waals surface area contributed by atoms with Gasteiger partial charge in [-0.05, 0) is 48.7 Å². The quantitative estimate of drug-likeness (QED) is 0.624. The van der Waals surface area contributed by atoms with Crippen LogP contribution in [0.5, 0.6) is 5.88 Å². The standard InChI is InChI=1S/C21H18F4N2O2/c1-11-8-13(4-7-16(11)22)10-26-19(28)18-12(2)15-6-5-14(21(23,24)25)9-17(15)27-20(18)29-3/h4-9H,10H2,1-3H3,(H,26,28). The van der Waals surface area contributed by atoms with Crippen molar-refractivity contribution in [3.63, 3.8) is 0 Å². The largest absolute Gasteiger partial charge is 0.480 e. The number of carbonyl (C=O) groups is 1. The third-order valence-electron chi connectivity index (χ3n) is 4.64. The van der Waals surface area contributed by atoms with Crippen LogP contribution in [0.4, 0.5) is 17.6 Å². The maximum Gasteiger partial charge on any atom is 0.416 e. The van der Waals surface area contributed by atoms with Crippen LogP contribution in [0, 0.1) is 19.7 Å². The van der Waals surface area contributed by atoms with Gasteiger partial charge in [0.1, 0.15) is 11.4 Å². The average molecular weight is 406 g/mol. The van der Waals surface area contributed by atoms with E-state index >= 15 is 0 Å². The zero-order valence-corrected chi connectivity index (χ0v) is 15.9. The Labute approximate surface area is 164 Å². The van der Waals surface area contributed by atoms with Gasteiger partial charge in [0.2, 0.25) is 5.88 Å². The van der Waals surface area contributed by atoms with Crippen molar-refractivity contribution in [2.75, 3.05) is 7.11 Å². The fourth-order valence-electron chi connectivity index (χ4n) is 3.08. The monoisotopic (exact) mass is 406 g/mol. The van der Waals surface area contributed by atoms with Crippen molar-refractivity contribution in [1.82, 2.24) is 10.3 Å². The van der Waals surface area contributed by atoms with Crippen LogP contribution in [0.3, 0.4) is 0 Å². The topological polar surface area (TPSA) is 51.2 Å².